The van der Waals surface area contributed by atoms with Gasteiger partial charge in [-0.2, -0.15) is 0 Å². The number of esters is 1. The van der Waals surface area contributed by atoms with Crippen LogP contribution in [0.4, 0.5) is 0 Å². The molecule has 2 heterocycles. The lowest BCUT2D eigenvalue weighted by Gasteiger charge is -2.63. The number of aromatic nitrogens is 2. The number of carbonyl (C=O) groups excluding carboxylic acids is 1. The predicted octanol–water partition coefficient (Wildman–Crippen LogP) is 4.98. The molecule has 6 rings (SSSR count). The summed E-state index contributed by atoms with van der Waals surface area (Å²) in [6, 6.07) is 0. The van der Waals surface area contributed by atoms with E-state index in [1.54, 1.807) is 17.1 Å². The Bertz CT molecular complexity index is 994. The summed E-state index contributed by atoms with van der Waals surface area (Å²) in [5, 5.41) is 0.449. The van der Waals surface area contributed by atoms with Gasteiger partial charge in [0.2, 0.25) is 0 Å². The van der Waals surface area contributed by atoms with Crippen molar-refractivity contribution in [1.29, 1.82) is 0 Å². The third kappa shape index (κ3) is 3.77. The molecule has 4 aliphatic carbocycles. The summed E-state index contributed by atoms with van der Waals surface area (Å²) in [6.45, 7) is 8.52. The Kier molecular flexibility index (Phi) is 6.24. The monoisotopic (exact) mass is 516 g/mol. The molecule has 1 aromatic heterocycles. The average molecular weight is 517 g/mol. The molecule has 5 aliphatic rings. The average Bonchev–Trinajstić information content (AvgIpc) is 3.60. The third-order valence-electron chi connectivity index (χ3n) is 11.1. The van der Waals surface area contributed by atoms with Crippen molar-refractivity contribution in [2.75, 3.05) is 19.8 Å². The fourth-order valence-electron chi connectivity index (χ4n) is 9.50. The van der Waals surface area contributed by atoms with E-state index in [1.165, 1.54) is 26.2 Å². The Balaban J connectivity index is 1.28. The van der Waals surface area contributed by atoms with Gasteiger partial charge in [-0.25, -0.2) is 4.98 Å². The maximum atomic E-state index is 11.8. The zero-order valence-electron chi connectivity index (χ0n) is 21.8. The standard InChI is InChI=1S/C28H40N2O5S/c1-18(31)35-20-4-7-26(2)22-5-8-27(3)23(6-9-28(27)33-12-13-34-28)21(22)14-19(24(26)15-20)16-32-25(36)30-11-10-29-17-30/h10-11,17,19-24H,4-9,12-16H2,1-3H3. The highest BCUT2D eigenvalue weighted by atomic mass is 32.1. The van der Waals surface area contributed by atoms with Crippen molar-refractivity contribution in [3.8, 4) is 0 Å². The molecule has 8 heteroatoms. The van der Waals surface area contributed by atoms with Crippen molar-refractivity contribution < 1.29 is 23.7 Å². The number of rotatable bonds is 3. The SMILES string of the molecule is CC(=O)OC1CCC2(C)C(C1)C(COC(=S)n1ccnc1)CC1C2CCC2(C)C1CCC21OCCO1. The van der Waals surface area contributed by atoms with E-state index in [2.05, 4.69) is 18.8 Å². The summed E-state index contributed by atoms with van der Waals surface area (Å²) >= 11 is 5.57. The molecule has 7 nitrogen and oxygen atoms in total. The molecule has 8 atom stereocenters. The van der Waals surface area contributed by atoms with Crippen LogP contribution >= 0.6 is 12.2 Å². The van der Waals surface area contributed by atoms with E-state index >= 15 is 0 Å². The van der Waals surface area contributed by atoms with E-state index in [-0.39, 0.29) is 28.7 Å². The molecule has 8 unspecified atom stereocenters. The Morgan fingerprint density at radius 2 is 1.86 bits per heavy atom. The van der Waals surface area contributed by atoms with E-state index in [0.29, 0.717) is 41.4 Å². The number of hydrogen-bond donors (Lipinski definition) is 0. The second-order valence-electron chi connectivity index (χ2n) is 12.5. The van der Waals surface area contributed by atoms with Gasteiger partial charge >= 0.3 is 5.97 Å². The Labute approximate surface area is 219 Å². The first-order valence-electron chi connectivity index (χ1n) is 13.9. The van der Waals surface area contributed by atoms with Crippen molar-refractivity contribution in [3.05, 3.63) is 18.7 Å². The van der Waals surface area contributed by atoms with Gasteiger partial charge < -0.3 is 18.9 Å². The van der Waals surface area contributed by atoms with Gasteiger partial charge in [-0.05, 0) is 92.2 Å². The molecular formula is C28H40N2O5S. The third-order valence-corrected chi connectivity index (χ3v) is 11.4. The molecule has 0 amide bonds. The van der Waals surface area contributed by atoms with Crippen LogP contribution in [0.15, 0.2) is 18.7 Å². The first-order valence-corrected chi connectivity index (χ1v) is 14.3. The quantitative estimate of drug-likeness (QED) is 0.415. The molecular weight excluding hydrogens is 476 g/mol. The van der Waals surface area contributed by atoms with Crippen LogP contribution in [0.5, 0.6) is 0 Å². The molecule has 198 valence electrons. The minimum absolute atomic E-state index is 0.00382. The van der Waals surface area contributed by atoms with Gasteiger partial charge in [0.1, 0.15) is 12.4 Å². The van der Waals surface area contributed by atoms with E-state index < -0.39 is 0 Å². The second kappa shape index (κ2) is 9.05. The fourth-order valence-corrected chi connectivity index (χ4v) is 9.68. The molecule has 1 aliphatic heterocycles. The van der Waals surface area contributed by atoms with E-state index in [4.69, 9.17) is 31.2 Å². The number of carbonyl (C=O) groups is 1. The van der Waals surface area contributed by atoms with Crippen LogP contribution in [-0.2, 0) is 23.7 Å². The zero-order chi connectivity index (χ0) is 25.1. The van der Waals surface area contributed by atoms with Gasteiger partial charge in [0.05, 0.1) is 19.8 Å². The van der Waals surface area contributed by atoms with Crippen LogP contribution in [0.2, 0.25) is 0 Å². The van der Waals surface area contributed by atoms with Crippen molar-refractivity contribution >= 4 is 23.4 Å². The van der Waals surface area contributed by atoms with Crippen LogP contribution < -0.4 is 0 Å². The smallest absolute Gasteiger partial charge is 0.302 e. The Hall–Kier alpha value is -1.51. The van der Waals surface area contributed by atoms with Gasteiger partial charge in [0.15, 0.2) is 5.79 Å². The maximum absolute atomic E-state index is 11.8. The lowest BCUT2D eigenvalue weighted by molar-refractivity contribution is -0.251. The minimum Gasteiger partial charge on any atom is -0.470 e. The maximum Gasteiger partial charge on any atom is 0.302 e. The van der Waals surface area contributed by atoms with Crippen LogP contribution in [0.25, 0.3) is 0 Å². The molecule has 0 aromatic carbocycles. The van der Waals surface area contributed by atoms with Gasteiger partial charge in [-0.3, -0.25) is 9.36 Å². The highest BCUT2D eigenvalue weighted by Gasteiger charge is 2.68. The van der Waals surface area contributed by atoms with Gasteiger partial charge in [-0.15, -0.1) is 0 Å². The van der Waals surface area contributed by atoms with Crippen molar-refractivity contribution in [2.45, 2.75) is 84.0 Å². The largest absolute Gasteiger partial charge is 0.470 e. The first kappa shape index (κ1) is 24.8. The van der Waals surface area contributed by atoms with Crippen LogP contribution in [0.1, 0.15) is 72.1 Å². The molecule has 4 saturated carbocycles. The lowest BCUT2D eigenvalue weighted by atomic mass is 9.43. The highest BCUT2D eigenvalue weighted by Crippen LogP contribution is 2.70. The van der Waals surface area contributed by atoms with E-state index in [0.717, 1.165) is 45.3 Å². The highest BCUT2D eigenvalue weighted by molar-refractivity contribution is 7.80. The van der Waals surface area contributed by atoms with Gasteiger partial charge in [0, 0.05) is 31.2 Å². The molecule has 36 heavy (non-hydrogen) atoms. The Morgan fingerprint density at radius 3 is 2.58 bits per heavy atom. The van der Waals surface area contributed by atoms with Crippen LogP contribution in [-0.4, -0.2) is 52.4 Å². The number of thiocarbonyl (C=S) groups is 1. The van der Waals surface area contributed by atoms with E-state index in [9.17, 15) is 4.79 Å². The van der Waals surface area contributed by atoms with Gasteiger partial charge in [0.25, 0.3) is 5.17 Å². The lowest BCUT2D eigenvalue weighted by Crippen LogP contribution is -2.59. The topological polar surface area (TPSA) is 71.8 Å². The molecule has 1 aromatic rings. The molecule has 1 spiro atoms. The van der Waals surface area contributed by atoms with Crippen molar-refractivity contribution in [3.63, 3.8) is 0 Å². The molecule has 0 bridgehead atoms. The molecule has 1 saturated heterocycles. The number of ether oxygens (including phenoxy) is 4. The predicted molar refractivity (Wildman–Crippen MR) is 137 cm³/mol. The van der Waals surface area contributed by atoms with E-state index in [1.807, 2.05) is 6.20 Å². The number of hydrogen-bond acceptors (Lipinski definition) is 7. The summed E-state index contributed by atoms with van der Waals surface area (Å²) in [5.41, 5.74) is 0.277. The van der Waals surface area contributed by atoms with Crippen molar-refractivity contribution in [1.82, 2.24) is 9.55 Å². The molecule has 0 N–H and O–H groups in total. The summed E-state index contributed by atoms with van der Waals surface area (Å²) in [6.07, 6.45) is 13.9. The van der Waals surface area contributed by atoms with Crippen molar-refractivity contribution in [2.24, 2.45) is 40.4 Å². The van der Waals surface area contributed by atoms with Gasteiger partial charge in [-0.1, -0.05) is 13.8 Å². The van der Waals surface area contributed by atoms with Crippen LogP contribution in [0.3, 0.4) is 0 Å². The summed E-state index contributed by atoms with van der Waals surface area (Å²) < 4.78 is 26.5. The summed E-state index contributed by atoms with van der Waals surface area (Å²) in [7, 11) is 0. The number of imidazole rings is 1. The number of nitrogens with zero attached hydrogens (tertiary/aromatic N) is 2. The number of fused-ring (bicyclic) bond motifs is 6. The normalized spacial score (nSPS) is 42.9. The Morgan fingerprint density at radius 1 is 1.08 bits per heavy atom. The first-order chi connectivity index (χ1) is 17.3. The molecule has 0 radical (unpaired) electrons. The minimum atomic E-state index is -0.387. The summed E-state index contributed by atoms with van der Waals surface area (Å²) in [5.74, 6) is 2.14. The zero-order valence-corrected chi connectivity index (χ0v) is 22.6. The van der Waals surface area contributed by atoms with Crippen LogP contribution in [0, 0.1) is 40.4 Å². The molecule has 5 fully saturated rings. The second-order valence-corrected chi connectivity index (χ2v) is 12.8. The fraction of sp³-hybridized carbons (Fsp3) is 0.821. The summed E-state index contributed by atoms with van der Waals surface area (Å²) in [4.78, 5) is 15.9.